The van der Waals surface area contributed by atoms with Crippen molar-refractivity contribution >= 4 is 17.6 Å². The largest absolute Gasteiger partial charge is 0.366 e. The summed E-state index contributed by atoms with van der Waals surface area (Å²) < 4.78 is 0. The van der Waals surface area contributed by atoms with Gasteiger partial charge >= 0.3 is 0 Å². The molecule has 0 bridgehead atoms. The lowest BCUT2D eigenvalue weighted by atomic mass is 10.1. The highest BCUT2D eigenvalue weighted by Crippen LogP contribution is 2.08. The molecule has 0 aliphatic rings. The lowest BCUT2D eigenvalue weighted by molar-refractivity contribution is -0.136. The van der Waals surface area contributed by atoms with Gasteiger partial charge in [-0.15, -0.1) is 0 Å². The Labute approximate surface area is 134 Å². The maximum Gasteiger partial charge on any atom is 0.287 e. The maximum atomic E-state index is 11.8. The van der Waals surface area contributed by atoms with Gasteiger partial charge in [-0.05, 0) is 23.6 Å². The standard InChI is InChI=1S/C18H17N2O3/c19-17(22)15-9-5-4-8-14(15)12-20-18(23)16(21)11-10-13-6-2-1-3-7-13/h1-9,11H,10,12H2,(H2,19,22)(H,20,23). The summed E-state index contributed by atoms with van der Waals surface area (Å²) in [6.07, 6.45) is 1.73. The lowest BCUT2D eigenvalue weighted by Crippen LogP contribution is -2.31. The van der Waals surface area contributed by atoms with E-state index in [0.717, 1.165) is 5.56 Å². The van der Waals surface area contributed by atoms with Gasteiger partial charge in [-0.3, -0.25) is 14.4 Å². The van der Waals surface area contributed by atoms with Gasteiger partial charge in [-0.25, -0.2) is 0 Å². The first kappa shape index (κ1) is 16.4. The Hall–Kier alpha value is -2.95. The molecule has 5 heteroatoms. The number of hydrogen-bond donors (Lipinski definition) is 2. The van der Waals surface area contributed by atoms with E-state index < -0.39 is 17.6 Å². The summed E-state index contributed by atoms with van der Waals surface area (Å²) in [5.41, 5.74) is 7.12. The quantitative estimate of drug-likeness (QED) is 0.758. The van der Waals surface area contributed by atoms with E-state index in [-0.39, 0.29) is 6.54 Å². The number of primary amides is 1. The second-order valence-corrected chi connectivity index (χ2v) is 4.96. The van der Waals surface area contributed by atoms with Gasteiger partial charge in [-0.1, -0.05) is 48.5 Å². The minimum absolute atomic E-state index is 0.0723. The summed E-state index contributed by atoms with van der Waals surface area (Å²) in [7, 11) is 0. The highest BCUT2D eigenvalue weighted by atomic mass is 16.2. The van der Waals surface area contributed by atoms with Gasteiger partial charge in [0.2, 0.25) is 11.7 Å². The molecule has 2 rings (SSSR count). The fourth-order valence-electron chi connectivity index (χ4n) is 2.09. The third-order valence-corrected chi connectivity index (χ3v) is 3.31. The molecule has 0 spiro atoms. The van der Waals surface area contributed by atoms with Crippen LogP contribution in [0.3, 0.4) is 0 Å². The van der Waals surface area contributed by atoms with Crippen molar-refractivity contribution in [1.82, 2.24) is 5.32 Å². The van der Waals surface area contributed by atoms with Gasteiger partial charge in [0.1, 0.15) is 0 Å². The zero-order valence-corrected chi connectivity index (χ0v) is 12.5. The molecule has 2 aromatic rings. The van der Waals surface area contributed by atoms with Crippen LogP contribution >= 0.6 is 0 Å². The van der Waals surface area contributed by atoms with Crippen LogP contribution in [-0.4, -0.2) is 17.6 Å². The number of hydrogen-bond acceptors (Lipinski definition) is 3. The molecule has 0 saturated carbocycles. The number of ketones is 1. The van der Waals surface area contributed by atoms with E-state index in [2.05, 4.69) is 5.32 Å². The lowest BCUT2D eigenvalue weighted by Gasteiger charge is -2.08. The van der Waals surface area contributed by atoms with Crippen molar-refractivity contribution in [3.05, 3.63) is 77.7 Å². The molecule has 0 unspecified atom stereocenters. The van der Waals surface area contributed by atoms with Crippen molar-refractivity contribution in [2.45, 2.75) is 13.0 Å². The smallest absolute Gasteiger partial charge is 0.287 e. The Kier molecular flexibility index (Phi) is 5.63. The molecule has 2 aromatic carbocycles. The number of nitrogens with two attached hydrogens (primary N) is 1. The fourth-order valence-corrected chi connectivity index (χ4v) is 2.09. The minimum atomic E-state index is -0.708. The predicted octanol–water partition coefficient (Wildman–Crippen LogP) is 1.42. The molecular formula is C18H17N2O3. The first-order valence-electron chi connectivity index (χ1n) is 7.15. The second-order valence-electron chi connectivity index (χ2n) is 4.96. The first-order valence-corrected chi connectivity index (χ1v) is 7.15. The van der Waals surface area contributed by atoms with Crippen LogP contribution in [0.4, 0.5) is 0 Å². The highest BCUT2D eigenvalue weighted by Gasteiger charge is 2.15. The topological polar surface area (TPSA) is 89.3 Å². The van der Waals surface area contributed by atoms with Gasteiger partial charge in [0.15, 0.2) is 0 Å². The minimum Gasteiger partial charge on any atom is -0.366 e. The Balaban J connectivity index is 1.87. The molecule has 0 aromatic heterocycles. The van der Waals surface area contributed by atoms with Crippen molar-refractivity contribution in [3.63, 3.8) is 0 Å². The third kappa shape index (κ3) is 4.78. The molecule has 5 nitrogen and oxygen atoms in total. The van der Waals surface area contributed by atoms with E-state index in [4.69, 9.17) is 5.73 Å². The Morgan fingerprint density at radius 1 is 0.957 bits per heavy atom. The van der Waals surface area contributed by atoms with Crippen LogP contribution in [0.25, 0.3) is 0 Å². The first-order chi connectivity index (χ1) is 11.1. The summed E-state index contributed by atoms with van der Waals surface area (Å²) in [4.78, 5) is 34.9. The highest BCUT2D eigenvalue weighted by molar-refractivity contribution is 6.39. The number of nitrogens with one attached hydrogen (secondary N) is 1. The van der Waals surface area contributed by atoms with Crippen LogP contribution < -0.4 is 11.1 Å². The third-order valence-electron chi connectivity index (χ3n) is 3.31. The number of Topliss-reactive ketones (excluding diaryl/α,β-unsaturated/α-hetero) is 1. The molecular weight excluding hydrogens is 292 g/mol. The van der Waals surface area contributed by atoms with E-state index in [1.54, 1.807) is 24.3 Å². The Morgan fingerprint density at radius 3 is 2.30 bits per heavy atom. The summed E-state index contributed by atoms with van der Waals surface area (Å²) >= 11 is 0. The van der Waals surface area contributed by atoms with E-state index in [9.17, 15) is 14.4 Å². The van der Waals surface area contributed by atoms with Crippen LogP contribution in [0.15, 0.2) is 54.6 Å². The Bertz CT molecular complexity index is 711. The van der Waals surface area contributed by atoms with E-state index >= 15 is 0 Å². The maximum absolute atomic E-state index is 11.8. The van der Waals surface area contributed by atoms with Crippen LogP contribution in [0.5, 0.6) is 0 Å². The predicted molar refractivity (Wildman–Crippen MR) is 86.3 cm³/mol. The molecule has 117 valence electrons. The summed E-state index contributed by atoms with van der Waals surface area (Å²) in [6.45, 7) is 0.0723. The zero-order valence-electron chi connectivity index (χ0n) is 12.5. The second kappa shape index (κ2) is 7.89. The van der Waals surface area contributed by atoms with Crippen molar-refractivity contribution < 1.29 is 14.4 Å². The fraction of sp³-hybridized carbons (Fsp3) is 0.111. The number of amides is 2. The van der Waals surface area contributed by atoms with Crippen LogP contribution in [0, 0.1) is 6.42 Å². The van der Waals surface area contributed by atoms with Gasteiger partial charge in [0, 0.05) is 18.5 Å². The molecule has 0 saturated heterocycles. The summed E-state index contributed by atoms with van der Waals surface area (Å²) in [5, 5.41) is 2.50. The molecule has 3 N–H and O–H groups in total. The molecule has 0 fully saturated rings. The number of carbonyl (C=O) groups is 3. The normalized spacial score (nSPS) is 10.1. The van der Waals surface area contributed by atoms with Gasteiger partial charge < -0.3 is 11.1 Å². The summed E-state index contributed by atoms with van der Waals surface area (Å²) in [5.74, 6) is -1.89. The Morgan fingerprint density at radius 2 is 1.61 bits per heavy atom. The van der Waals surface area contributed by atoms with Crippen molar-refractivity contribution in [1.29, 1.82) is 0 Å². The van der Waals surface area contributed by atoms with Crippen LogP contribution in [0.2, 0.25) is 0 Å². The monoisotopic (exact) mass is 309 g/mol. The molecule has 1 radical (unpaired) electrons. The molecule has 0 aliphatic carbocycles. The van der Waals surface area contributed by atoms with Gasteiger partial charge in [0.05, 0.1) is 0 Å². The van der Waals surface area contributed by atoms with Crippen molar-refractivity contribution in [2.75, 3.05) is 0 Å². The molecule has 0 heterocycles. The number of carbonyl (C=O) groups excluding carboxylic acids is 3. The van der Waals surface area contributed by atoms with E-state index in [0.29, 0.717) is 17.5 Å². The number of rotatable bonds is 7. The molecule has 0 aliphatic heterocycles. The molecule has 23 heavy (non-hydrogen) atoms. The van der Waals surface area contributed by atoms with Crippen LogP contribution in [0.1, 0.15) is 21.5 Å². The summed E-state index contributed by atoms with van der Waals surface area (Å²) in [6, 6.07) is 16.1. The van der Waals surface area contributed by atoms with Gasteiger partial charge in [0.25, 0.3) is 5.91 Å². The van der Waals surface area contributed by atoms with E-state index in [1.807, 2.05) is 30.3 Å². The van der Waals surface area contributed by atoms with E-state index in [1.165, 1.54) is 6.42 Å². The SMILES string of the molecule is NC(=O)c1ccccc1CNC(=O)C(=O)[CH]Cc1ccccc1. The van der Waals surface area contributed by atoms with Crippen molar-refractivity contribution in [3.8, 4) is 0 Å². The van der Waals surface area contributed by atoms with Crippen LogP contribution in [-0.2, 0) is 22.6 Å². The average molecular weight is 309 g/mol. The number of benzene rings is 2. The van der Waals surface area contributed by atoms with Crippen molar-refractivity contribution in [2.24, 2.45) is 5.73 Å². The molecule has 0 atom stereocenters. The van der Waals surface area contributed by atoms with Gasteiger partial charge in [-0.2, -0.15) is 0 Å². The average Bonchev–Trinajstić information content (AvgIpc) is 2.58. The zero-order chi connectivity index (χ0) is 16.7. The molecule has 2 amide bonds.